The summed E-state index contributed by atoms with van der Waals surface area (Å²) in [4.78, 5) is 55.7. The molecule has 17 nitrogen and oxygen atoms in total. The smallest absolute Gasteiger partial charge is 0.810 e. The predicted molar refractivity (Wildman–Crippen MR) is 90.4 cm³/mol. The maximum Gasteiger partial charge on any atom is 1.00 e. The van der Waals surface area contributed by atoms with Crippen LogP contribution in [0.4, 0.5) is 5.82 Å². The Morgan fingerprint density at radius 2 is 1.63 bits per heavy atom. The van der Waals surface area contributed by atoms with Crippen LogP contribution in [-0.2, 0) is 27.3 Å². The molecule has 2 aromatic rings. The Bertz CT molecular complexity index is 1120. The van der Waals surface area contributed by atoms with Gasteiger partial charge in [-0.15, -0.1) is 0 Å². The van der Waals surface area contributed by atoms with Gasteiger partial charge >= 0.3 is 75.4 Å². The monoisotopic (exact) mass is 529 g/mol. The van der Waals surface area contributed by atoms with Crippen LogP contribution in [0.5, 0.6) is 0 Å². The summed E-state index contributed by atoms with van der Waals surface area (Å²) in [5, 5.41) is 20.4. The van der Waals surface area contributed by atoms with Crippen LogP contribution in [0.1, 0.15) is 6.23 Å². The number of rotatable bonds is 8. The van der Waals surface area contributed by atoms with Gasteiger partial charge in [0, 0.05) is 5.90 Å². The predicted octanol–water partition coefficient (Wildman–Crippen LogP) is -16.0. The van der Waals surface area contributed by atoms with E-state index >= 15 is 0 Å². The number of nitrogens with two attached hydrogens (primary N) is 1. The summed E-state index contributed by atoms with van der Waals surface area (Å²) in [6.45, 7) is -1.02. The van der Waals surface area contributed by atoms with Crippen molar-refractivity contribution in [1.82, 2.24) is 19.5 Å². The van der Waals surface area contributed by atoms with Crippen LogP contribution in [0.3, 0.4) is 0 Å². The molecule has 1 fully saturated rings. The van der Waals surface area contributed by atoms with Crippen LogP contribution in [0, 0.1) is 0 Å². The molecule has 0 saturated carbocycles. The largest absolute Gasteiger partial charge is 1.00 e. The van der Waals surface area contributed by atoms with E-state index < -0.39 is 60.1 Å². The molecule has 35 heavy (non-hydrogen) atoms. The third-order valence-electron chi connectivity index (χ3n) is 3.97. The van der Waals surface area contributed by atoms with Crippen LogP contribution in [0.2, 0.25) is 0 Å². The number of hydrogen-bond acceptors (Lipinski definition) is 16. The van der Waals surface area contributed by atoms with Gasteiger partial charge in [-0.05, 0) is 0 Å². The Morgan fingerprint density at radius 1 is 1.03 bits per heavy atom. The molecule has 1 aliphatic heterocycles. The molecule has 0 amide bonds. The molecule has 0 aromatic carbocycles. The van der Waals surface area contributed by atoms with Crippen molar-refractivity contribution in [3.05, 3.63) is 12.7 Å². The summed E-state index contributed by atoms with van der Waals surface area (Å²) in [5.41, 5.74) is 5.96. The van der Waals surface area contributed by atoms with Gasteiger partial charge in [-0.25, -0.2) is 15.0 Å². The second kappa shape index (κ2) is 14.5. The van der Waals surface area contributed by atoms with Gasteiger partial charge in [-0.3, -0.25) is 13.4 Å². The van der Waals surface area contributed by atoms with Gasteiger partial charge in [0.2, 0.25) is 0 Å². The van der Waals surface area contributed by atoms with Gasteiger partial charge in [0.25, 0.3) is 7.82 Å². The van der Waals surface area contributed by atoms with E-state index in [9.17, 15) is 43.5 Å². The molecule has 0 aliphatic carbocycles. The van der Waals surface area contributed by atoms with E-state index in [1.807, 2.05) is 0 Å². The molecule has 2 aromatic heterocycles. The number of anilines is 1. The number of phosphoric acid groups is 1. The van der Waals surface area contributed by atoms with Crippen molar-refractivity contribution in [2.45, 2.75) is 24.5 Å². The number of imidazole rings is 1. The first-order valence-electron chi connectivity index (χ1n) is 8.12. The number of phosphoric ester groups is 1. The fourth-order valence-corrected chi connectivity index (χ4v) is 6.84. The van der Waals surface area contributed by atoms with Gasteiger partial charge in [0.05, 0.1) is 12.9 Å². The molecule has 0 bridgehead atoms. The molecular weight excluding hydrogens is 515 g/mol. The summed E-state index contributed by atoms with van der Waals surface area (Å²) < 4.78 is 48.1. The maximum absolute atomic E-state index is 11.7. The Kier molecular flexibility index (Phi) is 15.8. The maximum atomic E-state index is 11.7. The van der Waals surface area contributed by atoms with Crippen LogP contribution in [0.15, 0.2) is 12.7 Å². The average molecular weight is 529 g/mol. The number of ether oxygens (including phenoxy) is 1. The number of aliphatic hydroxyl groups excluding tert-OH is 2. The van der Waals surface area contributed by atoms with Crippen LogP contribution in [0.25, 0.3) is 11.2 Å². The first-order valence-corrected chi connectivity index (χ1v) is 13.0. The fourth-order valence-electron chi connectivity index (χ4n) is 2.73. The molecule has 1 aliphatic rings. The second-order valence-corrected chi connectivity index (χ2v) is 11.7. The summed E-state index contributed by atoms with van der Waals surface area (Å²) in [6.07, 6.45) is -3.84. The molecule has 6 atom stereocenters. The van der Waals surface area contributed by atoms with Crippen molar-refractivity contribution in [2.24, 2.45) is 0 Å². The van der Waals surface area contributed by atoms with Gasteiger partial charge in [-0.1, -0.05) is 7.60 Å². The molecule has 3 heterocycles. The minimum atomic E-state index is -5.68. The van der Waals surface area contributed by atoms with E-state index in [0.29, 0.717) is 0 Å². The van der Waals surface area contributed by atoms with Gasteiger partial charge in [0.15, 0.2) is 17.7 Å². The number of nitrogen functional groups attached to an aromatic ring is 1. The molecule has 0 radical (unpaired) electrons. The van der Waals surface area contributed by atoms with Gasteiger partial charge in [-0.2, -0.15) is 0 Å². The molecule has 4 N–H and O–H groups in total. The topological polar surface area (TPSA) is 281 Å². The van der Waals surface area contributed by atoms with Crippen molar-refractivity contribution < 1.29 is 132 Å². The zero-order chi connectivity index (χ0) is 23.2. The SMILES string of the molecule is Nc1ncnc2c1ncn2[C@@H]1O[C@H](COP(=O)([O-])OP(=O)([O-])CP(=O)([O-])[O-])[C@@H](O)[C@H]1O.[Li+].[Li+].[Li+].[Li+]. The molecule has 3 rings (SSSR count). The third kappa shape index (κ3) is 9.95. The minimum absolute atomic E-state index is 0. The standard InChI is InChI=1S/C11H18N5O12P3.4Li/c12-9-6-10(14-2-13-9)16(3-15-6)11-8(18)7(17)5(27-11)1-26-31(24,25)28-30(22,23)4-29(19,20)21;;;;/h2-3,5,7-8,11,17-18H,1,4H2,(H,22,23)(H,24,25)(H2,12,13,14)(H2,19,20,21);;;;/q;4*+1/p-4/t5-,7-,8-,11-;;;;/m1..../s1. The zero-order valence-corrected chi connectivity index (χ0v) is 21.7. The minimum Gasteiger partial charge on any atom is -0.810 e. The van der Waals surface area contributed by atoms with Crippen molar-refractivity contribution in [2.75, 3.05) is 18.2 Å². The quantitative estimate of drug-likeness (QED) is 0.211. The molecule has 174 valence electrons. The van der Waals surface area contributed by atoms with Crippen molar-refractivity contribution in [3.8, 4) is 0 Å². The van der Waals surface area contributed by atoms with Gasteiger partial charge < -0.3 is 53.9 Å². The van der Waals surface area contributed by atoms with Crippen LogP contribution in [-0.4, -0.2) is 60.6 Å². The van der Waals surface area contributed by atoms with E-state index in [1.54, 1.807) is 0 Å². The Balaban J connectivity index is 0. The normalized spacial score (nSPS) is 25.2. The van der Waals surface area contributed by atoms with Crippen molar-refractivity contribution in [1.29, 1.82) is 0 Å². The summed E-state index contributed by atoms with van der Waals surface area (Å²) in [7, 11) is -16.9. The number of aliphatic hydroxyl groups is 2. The van der Waals surface area contributed by atoms with E-state index in [4.69, 9.17) is 10.5 Å². The summed E-state index contributed by atoms with van der Waals surface area (Å²) in [5.74, 6) is -2.05. The molecule has 24 heteroatoms. The zero-order valence-electron chi connectivity index (χ0n) is 19.1. The summed E-state index contributed by atoms with van der Waals surface area (Å²) >= 11 is 0. The van der Waals surface area contributed by atoms with E-state index in [0.717, 1.165) is 6.33 Å². The third-order valence-corrected chi connectivity index (χ3v) is 9.00. The van der Waals surface area contributed by atoms with E-state index in [-0.39, 0.29) is 92.4 Å². The Morgan fingerprint density at radius 3 is 2.20 bits per heavy atom. The number of nitrogens with zero attached hydrogens (tertiary/aromatic N) is 4. The molecule has 2 unspecified atom stereocenters. The van der Waals surface area contributed by atoms with Crippen molar-refractivity contribution in [3.63, 3.8) is 0 Å². The van der Waals surface area contributed by atoms with Crippen molar-refractivity contribution >= 4 is 40.0 Å². The van der Waals surface area contributed by atoms with Crippen LogP contribution < -0.4 is 101 Å². The molecule has 0 spiro atoms. The number of fused-ring (bicyclic) bond motifs is 1. The fraction of sp³-hybridized carbons (Fsp3) is 0.545. The van der Waals surface area contributed by atoms with Crippen LogP contribution >= 0.6 is 23.0 Å². The Hall–Kier alpha value is 1.07. The average Bonchev–Trinajstić information content (AvgIpc) is 3.13. The second-order valence-electron chi connectivity index (χ2n) is 6.32. The van der Waals surface area contributed by atoms with Gasteiger partial charge in [0.1, 0.15) is 37.8 Å². The van der Waals surface area contributed by atoms with E-state index in [2.05, 4.69) is 23.8 Å². The molecule has 1 saturated heterocycles. The first kappa shape index (κ1) is 38.2. The molecular formula is C11H14Li4N5O12P3. The number of hydrogen-bond donors (Lipinski definition) is 3. The first-order chi connectivity index (χ1) is 14.2. The number of aromatic nitrogens is 4. The summed E-state index contributed by atoms with van der Waals surface area (Å²) in [6, 6.07) is 0. The van der Waals surface area contributed by atoms with E-state index in [1.165, 1.54) is 10.9 Å². The Labute approximate surface area is 245 Å².